The Labute approximate surface area is 136 Å². The van der Waals surface area contributed by atoms with Gasteiger partial charge in [0.15, 0.2) is 0 Å². The van der Waals surface area contributed by atoms with E-state index < -0.39 is 15.9 Å². The molecule has 0 atom stereocenters. The number of fused-ring (bicyclic) bond motifs is 1. The van der Waals surface area contributed by atoms with E-state index in [9.17, 15) is 13.2 Å². The Morgan fingerprint density at radius 2 is 1.65 bits per heavy atom. The summed E-state index contributed by atoms with van der Waals surface area (Å²) < 4.78 is 26.0. The number of hydrogen-bond donors (Lipinski definition) is 0. The topological polar surface area (TPSA) is 57.7 Å². The van der Waals surface area contributed by atoms with Crippen LogP contribution in [0.2, 0.25) is 0 Å². The molecule has 23 heavy (non-hydrogen) atoms. The number of para-hydroxylation sites is 1. The van der Waals surface area contributed by atoms with E-state index in [0.717, 1.165) is 16.5 Å². The number of anilines is 1. The number of benzene rings is 2. The van der Waals surface area contributed by atoms with Crippen molar-refractivity contribution in [2.24, 2.45) is 0 Å². The van der Waals surface area contributed by atoms with Crippen LogP contribution in [0.1, 0.15) is 17.3 Å². The molecule has 1 amide bonds. The highest BCUT2D eigenvalue weighted by Gasteiger charge is 2.40. The molecular formula is C17H18N2O3S. The van der Waals surface area contributed by atoms with Crippen LogP contribution in [0.25, 0.3) is 0 Å². The molecule has 2 aromatic carbocycles. The van der Waals surface area contributed by atoms with Crippen molar-refractivity contribution in [1.29, 1.82) is 0 Å². The van der Waals surface area contributed by atoms with E-state index in [1.54, 1.807) is 18.2 Å². The van der Waals surface area contributed by atoms with E-state index in [-0.39, 0.29) is 17.0 Å². The third-order valence-corrected chi connectivity index (χ3v) is 5.83. The number of rotatable bonds is 5. The molecule has 0 radical (unpaired) electrons. The summed E-state index contributed by atoms with van der Waals surface area (Å²) in [6.07, 6.45) is 0. The van der Waals surface area contributed by atoms with Gasteiger partial charge in [-0.25, -0.2) is 12.7 Å². The van der Waals surface area contributed by atoms with Crippen molar-refractivity contribution >= 4 is 21.6 Å². The molecule has 0 N–H and O–H groups in total. The fourth-order valence-corrected chi connectivity index (χ4v) is 4.33. The average molecular weight is 330 g/mol. The highest BCUT2D eigenvalue weighted by atomic mass is 32.2. The Bertz CT molecular complexity index is 819. The fourth-order valence-electron chi connectivity index (χ4n) is 2.77. The van der Waals surface area contributed by atoms with Gasteiger partial charge in [-0.05, 0) is 31.2 Å². The maximum atomic E-state index is 12.5. The number of likely N-dealkylation sites (N-methyl/N-ethyl adjacent to an activating group) is 1. The Kier molecular flexibility index (Phi) is 4.09. The fraction of sp³-hybridized carbons (Fsp3) is 0.235. The first-order valence-electron chi connectivity index (χ1n) is 7.52. The van der Waals surface area contributed by atoms with Gasteiger partial charge in [0, 0.05) is 18.8 Å². The monoisotopic (exact) mass is 330 g/mol. The summed E-state index contributed by atoms with van der Waals surface area (Å²) in [7, 11) is -3.72. The van der Waals surface area contributed by atoms with Gasteiger partial charge in [0.05, 0.1) is 12.1 Å². The maximum absolute atomic E-state index is 12.5. The van der Waals surface area contributed by atoms with Crippen molar-refractivity contribution in [1.82, 2.24) is 4.31 Å². The molecule has 0 spiro atoms. The van der Waals surface area contributed by atoms with Gasteiger partial charge in [-0.3, -0.25) is 4.79 Å². The Morgan fingerprint density at radius 3 is 2.30 bits per heavy atom. The molecule has 1 heterocycles. The summed E-state index contributed by atoms with van der Waals surface area (Å²) in [4.78, 5) is 14.5. The second kappa shape index (κ2) is 6.04. The van der Waals surface area contributed by atoms with Gasteiger partial charge in [0.2, 0.25) is 0 Å². The molecule has 0 aromatic heterocycles. The molecule has 1 aliphatic heterocycles. The molecule has 1 aliphatic rings. The van der Waals surface area contributed by atoms with Crippen LogP contribution in [-0.2, 0) is 10.0 Å². The molecule has 0 bridgehead atoms. The van der Waals surface area contributed by atoms with Crippen LogP contribution < -0.4 is 4.90 Å². The van der Waals surface area contributed by atoms with E-state index in [1.165, 1.54) is 6.07 Å². The van der Waals surface area contributed by atoms with Gasteiger partial charge in [-0.1, -0.05) is 30.3 Å². The van der Waals surface area contributed by atoms with E-state index in [2.05, 4.69) is 0 Å². The van der Waals surface area contributed by atoms with Gasteiger partial charge < -0.3 is 4.90 Å². The SMILES string of the molecule is CCN(CCN1C(=O)c2ccccc2S1(=O)=O)c1ccccc1. The second-order valence-electron chi connectivity index (χ2n) is 5.29. The number of nitrogens with zero attached hydrogens (tertiary/aromatic N) is 2. The van der Waals surface area contributed by atoms with Crippen LogP contribution in [0.3, 0.4) is 0 Å². The molecule has 0 unspecified atom stereocenters. The first-order chi connectivity index (χ1) is 11.1. The van der Waals surface area contributed by atoms with Crippen molar-refractivity contribution in [3.8, 4) is 0 Å². The van der Waals surface area contributed by atoms with Crippen LogP contribution in [0.15, 0.2) is 59.5 Å². The van der Waals surface area contributed by atoms with Gasteiger partial charge >= 0.3 is 0 Å². The number of amides is 1. The van der Waals surface area contributed by atoms with Crippen LogP contribution >= 0.6 is 0 Å². The van der Waals surface area contributed by atoms with Gasteiger partial charge in [0.25, 0.3) is 15.9 Å². The van der Waals surface area contributed by atoms with Gasteiger partial charge in [0.1, 0.15) is 4.90 Å². The smallest absolute Gasteiger partial charge is 0.269 e. The Hall–Kier alpha value is -2.34. The standard InChI is InChI=1S/C17H18N2O3S/c1-2-18(14-8-4-3-5-9-14)12-13-19-17(20)15-10-6-7-11-16(15)23(19,21)22/h3-11H,2,12-13H2,1H3. The van der Waals surface area contributed by atoms with Crippen LogP contribution in [-0.4, -0.2) is 38.3 Å². The maximum Gasteiger partial charge on any atom is 0.269 e. The predicted octanol–water partition coefficient (Wildman–Crippen LogP) is 2.36. The summed E-state index contributed by atoms with van der Waals surface area (Å²) in [6, 6.07) is 16.1. The molecule has 0 fully saturated rings. The van der Waals surface area contributed by atoms with Gasteiger partial charge in [-0.2, -0.15) is 0 Å². The highest BCUT2D eigenvalue weighted by Crippen LogP contribution is 2.29. The van der Waals surface area contributed by atoms with E-state index in [4.69, 9.17) is 0 Å². The zero-order chi connectivity index (χ0) is 16.4. The molecular weight excluding hydrogens is 312 g/mol. The summed E-state index contributed by atoms with van der Waals surface area (Å²) in [5.74, 6) is -0.440. The predicted molar refractivity (Wildman–Crippen MR) is 89.0 cm³/mol. The summed E-state index contributed by atoms with van der Waals surface area (Å²) in [6.45, 7) is 3.33. The highest BCUT2D eigenvalue weighted by molar-refractivity contribution is 7.90. The first kappa shape index (κ1) is 15.6. The summed E-state index contributed by atoms with van der Waals surface area (Å²) in [5.41, 5.74) is 1.27. The lowest BCUT2D eigenvalue weighted by Gasteiger charge is -2.25. The molecule has 0 saturated heterocycles. The minimum absolute atomic E-state index is 0.104. The van der Waals surface area contributed by atoms with Crippen LogP contribution in [0, 0.1) is 0 Å². The summed E-state index contributed by atoms with van der Waals surface area (Å²) in [5, 5.41) is 0. The average Bonchev–Trinajstić information content (AvgIpc) is 2.77. The van der Waals surface area contributed by atoms with Gasteiger partial charge in [-0.15, -0.1) is 0 Å². The zero-order valence-corrected chi connectivity index (χ0v) is 13.7. The quantitative estimate of drug-likeness (QED) is 0.844. The molecule has 0 saturated carbocycles. The Morgan fingerprint density at radius 1 is 1.00 bits per heavy atom. The van der Waals surface area contributed by atoms with Crippen LogP contribution in [0.5, 0.6) is 0 Å². The lowest BCUT2D eigenvalue weighted by Crippen LogP contribution is -2.38. The first-order valence-corrected chi connectivity index (χ1v) is 8.96. The molecule has 2 aromatic rings. The van der Waals surface area contributed by atoms with Crippen molar-refractivity contribution in [2.45, 2.75) is 11.8 Å². The number of carbonyl (C=O) groups excluding carboxylic acids is 1. The molecule has 3 rings (SSSR count). The van der Waals surface area contributed by atoms with Crippen molar-refractivity contribution in [2.75, 3.05) is 24.5 Å². The molecule has 5 nitrogen and oxygen atoms in total. The molecule has 0 aliphatic carbocycles. The largest absolute Gasteiger partial charge is 0.370 e. The van der Waals surface area contributed by atoms with E-state index >= 15 is 0 Å². The number of carbonyl (C=O) groups is 1. The lowest BCUT2D eigenvalue weighted by atomic mass is 10.2. The molecule has 120 valence electrons. The van der Waals surface area contributed by atoms with E-state index in [1.807, 2.05) is 42.2 Å². The third-order valence-electron chi connectivity index (χ3n) is 3.99. The lowest BCUT2D eigenvalue weighted by molar-refractivity contribution is 0.0873. The van der Waals surface area contributed by atoms with Crippen molar-refractivity contribution in [3.05, 3.63) is 60.2 Å². The van der Waals surface area contributed by atoms with E-state index in [0.29, 0.717) is 6.54 Å². The number of hydrogen-bond acceptors (Lipinski definition) is 4. The second-order valence-corrected chi connectivity index (χ2v) is 7.12. The van der Waals surface area contributed by atoms with Crippen LogP contribution in [0.4, 0.5) is 5.69 Å². The van der Waals surface area contributed by atoms with Crippen molar-refractivity contribution < 1.29 is 13.2 Å². The number of sulfonamides is 1. The summed E-state index contributed by atoms with van der Waals surface area (Å²) >= 11 is 0. The third kappa shape index (κ3) is 2.70. The Balaban J connectivity index is 1.80. The van der Waals surface area contributed by atoms with Crippen molar-refractivity contribution in [3.63, 3.8) is 0 Å². The normalized spacial score (nSPS) is 15.5. The molecule has 6 heteroatoms. The zero-order valence-electron chi connectivity index (χ0n) is 12.8. The minimum Gasteiger partial charge on any atom is -0.370 e. The minimum atomic E-state index is -3.72.